The number of aromatic nitrogens is 1. The maximum atomic E-state index is 13.9. The van der Waals surface area contributed by atoms with Crippen LogP contribution in [0.1, 0.15) is 16.4 Å². The zero-order valence-electron chi connectivity index (χ0n) is 22.7. The average Bonchev–Trinajstić information content (AvgIpc) is 3.50. The monoisotopic (exact) mass is 667 g/mol. The number of carbonyl (C=O) groups excluding carboxylic acids is 3. The zero-order chi connectivity index (χ0) is 32.0. The molecule has 4 N–H and O–H groups in total. The van der Waals surface area contributed by atoms with Crippen LogP contribution in [-0.4, -0.2) is 47.9 Å². The van der Waals surface area contributed by atoms with E-state index >= 15 is 0 Å². The normalized spacial score (nSPS) is 19.1. The molecule has 3 atom stereocenters. The third-order valence-corrected chi connectivity index (χ3v) is 10.5. The predicted molar refractivity (Wildman–Crippen MR) is 164 cm³/mol. The number of hydrogen-bond donors (Lipinski definition) is 3. The molecule has 2 aliphatic heterocycles. The summed E-state index contributed by atoms with van der Waals surface area (Å²) >= 11 is 2.03. The molecule has 2 unspecified atom stereocenters. The lowest BCUT2D eigenvalue weighted by Gasteiger charge is -2.30. The van der Waals surface area contributed by atoms with Crippen LogP contribution in [0.5, 0.6) is 5.75 Å². The van der Waals surface area contributed by atoms with Crippen LogP contribution in [-0.2, 0) is 24.4 Å². The second kappa shape index (κ2) is 11.6. The minimum Gasteiger partial charge on any atom is -0.484 e. The molecule has 0 bridgehead atoms. The van der Waals surface area contributed by atoms with Crippen LogP contribution in [0.3, 0.4) is 0 Å². The number of nitro benzene ring substituents is 1. The molecule has 1 aromatic heterocycles. The molecule has 0 spiro atoms. The van der Waals surface area contributed by atoms with Crippen LogP contribution >= 0.6 is 23.1 Å². The van der Waals surface area contributed by atoms with E-state index in [1.807, 2.05) is 0 Å². The number of thioether (sulfide) groups is 1. The lowest BCUT2D eigenvalue weighted by atomic mass is 9.83. The van der Waals surface area contributed by atoms with Crippen molar-refractivity contribution in [3.63, 3.8) is 0 Å². The molecule has 3 amide bonds. The highest BCUT2D eigenvalue weighted by Crippen LogP contribution is 2.53. The number of amides is 3. The summed E-state index contributed by atoms with van der Waals surface area (Å²) in [6.07, 6.45) is 0. The van der Waals surface area contributed by atoms with Gasteiger partial charge in [-0.25, -0.2) is 18.5 Å². The number of nitro groups is 1. The first-order valence-electron chi connectivity index (χ1n) is 13.1. The minimum absolute atomic E-state index is 0.106. The van der Waals surface area contributed by atoms with Crippen LogP contribution in [0.4, 0.5) is 17.1 Å². The van der Waals surface area contributed by atoms with Gasteiger partial charge in [0.2, 0.25) is 21.8 Å². The Balaban J connectivity index is 1.24. The molecule has 14 nitrogen and oxygen atoms in total. The van der Waals surface area contributed by atoms with Gasteiger partial charge in [-0.2, -0.15) is 0 Å². The van der Waals surface area contributed by atoms with E-state index in [0.717, 1.165) is 28.0 Å². The number of non-ortho nitro benzene ring substituents is 1. The number of nitrogens with zero attached hydrogens (tertiary/aromatic N) is 2. The maximum Gasteiger partial charge on any atom is 0.305 e. The Kier molecular flexibility index (Phi) is 7.77. The molecule has 230 valence electrons. The van der Waals surface area contributed by atoms with Crippen molar-refractivity contribution in [2.24, 2.45) is 11.1 Å². The second-order valence-corrected chi connectivity index (χ2v) is 13.7. The predicted octanol–water partition coefficient (Wildman–Crippen LogP) is 2.81. The summed E-state index contributed by atoms with van der Waals surface area (Å²) < 4.78 is 28.6. The van der Waals surface area contributed by atoms with Crippen LogP contribution in [0.25, 0.3) is 0 Å². The summed E-state index contributed by atoms with van der Waals surface area (Å²) in [6, 6.07) is 17.0. The molecule has 0 saturated carbocycles. The number of rotatable bonds is 8. The fourth-order valence-corrected chi connectivity index (χ4v) is 8.26. The van der Waals surface area contributed by atoms with Crippen molar-refractivity contribution in [3.05, 3.63) is 103 Å². The molecule has 45 heavy (non-hydrogen) atoms. The average molecular weight is 668 g/mol. The van der Waals surface area contributed by atoms with Crippen molar-refractivity contribution in [2.75, 3.05) is 16.8 Å². The van der Waals surface area contributed by atoms with E-state index < -0.39 is 56.4 Å². The Morgan fingerprint density at radius 1 is 1.04 bits per heavy atom. The van der Waals surface area contributed by atoms with Gasteiger partial charge < -0.3 is 15.0 Å². The zero-order valence-corrected chi connectivity index (χ0v) is 25.2. The van der Waals surface area contributed by atoms with E-state index in [4.69, 9.17) is 9.88 Å². The smallest absolute Gasteiger partial charge is 0.305 e. The fourth-order valence-electron chi connectivity index (χ4n) is 5.23. The minimum atomic E-state index is -3.88. The first kappa shape index (κ1) is 30.2. The Morgan fingerprint density at radius 3 is 2.42 bits per heavy atom. The van der Waals surface area contributed by atoms with E-state index in [1.165, 1.54) is 48.5 Å². The summed E-state index contributed by atoms with van der Waals surface area (Å²) in [4.78, 5) is 66.8. The Morgan fingerprint density at radius 2 is 1.76 bits per heavy atom. The first-order valence-corrected chi connectivity index (χ1v) is 16.3. The van der Waals surface area contributed by atoms with Crippen molar-refractivity contribution in [1.82, 2.24) is 4.98 Å². The van der Waals surface area contributed by atoms with E-state index in [2.05, 4.69) is 10.3 Å². The summed E-state index contributed by atoms with van der Waals surface area (Å²) in [5, 5.41) is 18.4. The number of aromatic amines is 1. The number of nitrogens with one attached hydrogen (secondary N) is 2. The maximum absolute atomic E-state index is 13.9. The second-order valence-electron chi connectivity index (χ2n) is 10.0. The Bertz CT molecular complexity index is 2030. The number of carbonyl (C=O) groups is 3. The van der Waals surface area contributed by atoms with Gasteiger partial charge in [-0.15, -0.1) is 0 Å². The van der Waals surface area contributed by atoms with E-state index in [9.17, 15) is 37.7 Å². The summed E-state index contributed by atoms with van der Waals surface area (Å²) in [5.74, 6) is -2.86. The molecule has 1 saturated heterocycles. The number of nitrogens with two attached hydrogens (primary N) is 1. The number of ether oxygens (including phenoxy) is 1. The van der Waals surface area contributed by atoms with Gasteiger partial charge in [0.15, 0.2) is 6.61 Å². The highest BCUT2D eigenvalue weighted by molar-refractivity contribution is 8.00. The molecule has 0 aliphatic carbocycles. The SMILES string of the molecule is NS(=O)(=O)c1ccc(NC(=O)COc2cccc([C@H]3c4sc(=O)[nH]c4SC4C(=O)N(c5ccc([N+](=O)[O-])cc5)C(=O)C43)c2)cc1. The number of imide groups is 1. The fraction of sp³-hybridized carbons (Fsp3) is 0.143. The van der Waals surface area contributed by atoms with E-state index in [1.54, 1.807) is 24.3 Å². The topological polar surface area (TPSA) is 212 Å². The first-order chi connectivity index (χ1) is 21.4. The molecular weight excluding hydrogens is 647 g/mol. The lowest BCUT2D eigenvalue weighted by Crippen LogP contribution is -2.32. The third kappa shape index (κ3) is 5.85. The van der Waals surface area contributed by atoms with Crippen LogP contribution in [0, 0.1) is 16.0 Å². The summed E-state index contributed by atoms with van der Waals surface area (Å²) in [6.45, 7) is -0.402. The lowest BCUT2D eigenvalue weighted by molar-refractivity contribution is -0.384. The number of thiazole rings is 1. The molecule has 1 fully saturated rings. The molecular formula is C28H21N5O9S3. The highest BCUT2D eigenvalue weighted by Gasteiger charge is 2.56. The van der Waals surface area contributed by atoms with Crippen molar-refractivity contribution in [2.45, 2.75) is 21.1 Å². The number of fused-ring (bicyclic) bond motifs is 2. The number of benzene rings is 3. The van der Waals surface area contributed by atoms with Gasteiger partial charge in [-0.1, -0.05) is 35.2 Å². The van der Waals surface area contributed by atoms with Gasteiger partial charge in [0.1, 0.15) is 11.0 Å². The molecule has 4 aromatic rings. The molecule has 0 radical (unpaired) electrons. The molecule has 3 aromatic carbocycles. The molecule has 3 heterocycles. The van der Waals surface area contributed by atoms with Gasteiger partial charge in [-0.3, -0.25) is 29.3 Å². The number of hydrogen-bond acceptors (Lipinski definition) is 11. The van der Waals surface area contributed by atoms with Crippen molar-refractivity contribution < 1.29 is 32.5 Å². The number of sulfonamides is 1. The number of H-pyrrole nitrogens is 1. The van der Waals surface area contributed by atoms with Crippen LogP contribution in [0.15, 0.2) is 87.5 Å². The van der Waals surface area contributed by atoms with Crippen molar-refractivity contribution in [3.8, 4) is 5.75 Å². The highest BCUT2D eigenvalue weighted by atomic mass is 32.2. The molecule has 2 aliphatic rings. The van der Waals surface area contributed by atoms with E-state index in [-0.39, 0.29) is 26.9 Å². The van der Waals surface area contributed by atoms with Gasteiger partial charge >= 0.3 is 4.87 Å². The summed E-state index contributed by atoms with van der Waals surface area (Å²) in [7, 11) is -3.88. The number of primary sulfonamides is 1. The van der Waals surface area contributed by atoms with Crippen LogP contribution in [0.2, 0.25) is 0 Å². The third-order valence-electron chi connectivity index (χ3n) is 7.20. The summed E-state index contributed by atoms with van der Waals surface area (Å²) in [5.41, 5.74) is 0.911. The molecule has 6 rings (SSSR count). The Hall–Kier alpha value is -4.84. The van der Waals surface area contributed by atoms with Crippen molar-refractivity contribution in [1.29, 1.82) is 0 Å². The van der Waals surface area contributed by atoms with Gasteiger partial charge in [0.25, 0.3) is 11.6 Å². The van der Waals surface area contributed by atoms with E-state index in [0.29, 0.717) is 21.2 Å². The Labute approximate surface area is 262 Å². The van der Waals surface area contributed by atoms with Crippen LogP contribution < -0.4 is 25.0 Å². The molecule has 17 heteroatoms. The largest absolute Gasteiger partial charge is 0.484 e. The van der Waals surface area contributed by atoms with Gasteiger partial charge in [0, 0.05) is 28.6 Å². The van der Waals surface area contributed by atoms with Crippen molar-refractivity contribution >= 4 is 67.9 Å². The quantitative estimate of drug-likeness (QED) is 0.142. The standard InChI is InChI=1S/C28H21N5O9S3/c29-45(40,41)19-10-4-15(5-11-19)30-20(34)13-42-18-3-1-2-14(12-18)21-22-24(43-25-23(21)44-28(37)31-25)27(36)32(26(22)35)16-6-8-17(9-7-16)33(38)39/h1-12,21-22,24H,13H2,(H,30,34)(H,31,37)(H2,29,40,41)/t21-,22?,24?/m1/s1. The van der Waals surface area contributed by atoms with Gasteiger partial charge in [-0.05, 0) is 54.1 Å². The van der Waals surface area contributed by atoms with Gasteiger partial charge in [0.05, 0.1) is 26.5 Å². The number of anilines is 2.